The van der Waals surface area contributed by atoms with Gasteiger partial charge in [0.05, 0.1) is 16.2 Å². The van der Waals surface area contributed by atoms with Gasteiger partial charge in [-0.25, -0.2) is 0 Å². The fourth-order valence-corrected chi connectivity index (χ4v) is 2.09. The number of ketones is 1. The molecule has 0 aliphatic rings. The molecule has 3 nitrogen and oxygen atoms in total. The third-order valence-corrected chi connectivity index (χ3v) is 3.04. The van der Waals surface area contributed by atoms with Crippen molar-refractivity contribution in [1.29, 1.82) is 0 Å². The minimum absolute atomic E-state index is 0.149. The number of hydrogen-bond donors (Lipinski definition) is 0. The monoisotopic (exact) mass is 315 g/mol. The highest BCUT2D eigenvalue weighted by Gasteiger charge is 2.11. The van der Waals surface area contributed by atoms with Gasteiger partial charge in [-0.05, 0) is 18.2 Å². The summed E-state index contributed by atoms with van der Waals surface area (Å²) in [5, 5.41) is 1.21. The molecular weight excluding hydrogens is 309 g/mol. The first-order valence-electron chi connectivity index (χ1n) is 5.28. The Morgan fingerprint density at radius 3 is 2.58 bits per heavy atom. The predicted octanol–water partition coefficient (Wildman–Crippen LogP) is 4.30. The summed E-state index contributed by atoms with van der Waals surface area (Å²) in [5.41, 5.74) is 0.362. The average Bonchev–Trinajstić information content (AvgIpc) is 2.36. The Morgan fingerprint density at radius 1 is 1.11 bits per heavy atom. The molecule has 6 heteroatoms. The standard InChI is InChI=1S/C13H8Cl3NO2/c14-8-1-2-11(12(16)4-8)13(18)7-19-10-3-9(15)5-17-6-10/h1-6H,7H2. The van der Waals surface area contributed by atoms with E-state index in [9.17, 15) is 4.79 Å². The maximum Gasteiger partial charge on any atom is 0.201 e. The molecule has 2 rings (SSSR count). The Balaban J connectivity index is 2.05. The molecule has 0 N–H and O–H groups in total. The van der Waals surface area contributed by atoms with Gasteiger partial charge >= 0.3 is 0 Å². The molecule has 1 heterocycles. The van der Waals surface area contributed by atoms with Crippen LogP contribution in [0.5, 0.6) is 5.75 Å². The lowest BCUT2D eigenvalue weighted by atomic mass is 10.1. The molecule has 0 saturated carbocycles. The number of Topliss-reactive ketones (excluding diaryl/α,β-unsaturated/α-hetero) is 1. The molecule has 0 aliphatic heterocycles. The van der Waals surface area contributed by atoms with Gasteiger partial charge in [0.2, 0.25) is 5.78 Å². The number of ether oxygens (including phenoxy) is 1. The average molecular weight is 317 g/mol. The highest BCUT2D eigenvalue weighted by atomic mass is 35.5. The molecule has 2 aromatic rings. The summed E-state index contributed by atoms with van der Waals surface area (Å²) in [6, 6.07) is 6.25. The van der Waals surface area contributed by atoms with Gasteiger partial charge in [-0.1, -0.05) is 34.8 Å². The second kappa shape index (κ2) is 6.24. The van der Waals surface area contributed by atoms with E-state index in [0.29, 0.717) is 26.4 Å². The Bertz CT molecular complexity index is 617. The van der Waals surface area contributed by atoms with E-state index < -0.39 is 0 Å². The summed E-state index contributed by atoms with van der Waals surface area (Å²) < 4.78 is 5.30. The molecule has 19 heavy (non-hydrogen) atoms. The van der Waals surface area contributed by atoms with Crippen molar-refractivity contribution in [3.05, 3.63) is 57.3 Å². The zero-order valence-corrected chi connectivity index (χ0v) is 11.8. The summed E-state index contributed by atoms with van der Waals surface area (Å²) in [5.74, 6) is 0.174. The number of halogens is 3. The summed E-state index contributed by atoms with van der Waals surface area (Å²) in [6.45, 7) is -0.149. The minimum atomic E-state index is -0.248. The van der Waals surface area contributed by atoms with Gasteiger partial charge in [-0.15, -0.1) is 0 Å². The van der Waals surface area contributed by atoms with Crippen molar-refractivity contribution < 1.29 is 9.53 Å². The van der Waals surface area contributed by atoms with Crippen molar-refractivity contribution in [3.63, 3.8) is 0 Å². The Kier molecular flexibility index (Phi) is 4.64. The van der Waals surface area contributed by atoms with E-state index >= 15 is 0 Å². The SMILES string of the molecule is O=C(COc1cncc(Cl)c1)c1ccc(Cl)cc1Cl. The Labute approximate surface area is 125 Å². The number of benzene rings is 1. The van der Waals surface area contributed by atoms with E-state index in [-0.39, 0.29) is 12.4 Å². The molecule has 0 spiro atoms. The number of nitrogens with zero attached hydrogens (tertiary/aromatic N) is 1. The summed E-state index contributed by atoms with van der Waals surface area (Å²) in [7, 11) is 0. The quantitative estimate of drug-likeness (QED) is 0.789. The van der Waals surface area contributed by atoms with Crippen LogP contribution in [0.2, 0.25) is 15.1 Å². The van der Waals surface area contributed by atoms with Crippen LogP contribution >= 0.6 is 34.8 Å². The third-order valence-electron chi connectivity index (χ3n) is 2.28. The van der Waals surface area contributed by atoms with Crippen LogP contribution in [0.4, 0.5) is 0 Å². The molecule has 0 aliphatic carbocycles. The number of carbonyl (C=O) groups excluding carboxylic acids is 1. The van der Waals surface area contributed by atoms with Gasteiger partial charge in [0, 0.05) is 22.8 Å². The van der Waals surface area contributed by atoms with Crippen molar-refractivity contribution >= 4 is 40.6 Å². The molecular formula is C13H8Cl3NO2. The fraction of sp³-hybridized carbons (Fsp3) is 0.0769. The molecule has 0 saturated heterocycles. The summed E-state index contributed by atoms with van der Waals surface area (Å²) in [4.78, 5) is 15.8. The molecule has 1 aromatic heterocycles. The zero-order chi connectivity index (χ0) is 13.8. The number of aromatic nitrogens is 1. The van der Waals surface area contributed by atoms with Crippen LogP contribution < -0.4 is 4.74 Å². The van der Waals surface area contributed by atoms with Crippen LogP contribution in [-0.2, 0) is 0 Å². The molecule has 1 aromatic carbocycles. The number of carbonyl (C=O) groups is 1. The minimum Gasteiger partial charge on any atom is -0.484 e. The van der Waals surface area contributed by atoms with Crippen molar-refractivity contribution in [2.75, 3.05) is 6.61 Å². The van der Waals surface area contributed by atoms with Gasteiger partial charge in [0.1, 0.15) is 5.75 Å². The van der Waals surface area contributed by atoms with E-state index in [1.807, 2.05) is 0 Å². The lowest BCUT2D eigenvalue weighted by Gasteiger charge is -2.06. The zero-order valence-electron chi connectivity index (χ0n) is 9.57. The molecule has 0 radical (unpaired) electrons. The van der Waals surface area contributed by atoms with Gasteiger partial charge in [-0.2, -0.15) is 0 Å². The second-order valence-corrected chi connectivity index (χ2v) is 4.95. The van der Waals surface area contributed by atoms with Gasteiger partial charge in [-0.3, -0.25) is 9.78 Å². The summed E-state index contributed by atoms with van der Waals surface area (Å²) in [6.07, 6.45) is 2.95. The van der Waals surface area contributed by atoms with Crippen molar-refractivity contribution in [2.45, 2.75) is 0 Å². The molecule has 0 fully saturated rings. The van der Waals surface area contributed by atoms with E-state index in [2.05, 4.69) is 4.98 Å². The molecule has 0 unspecified atom stereocenters. The van der Waals surface area contributed by atoms with Gasteiger partial charge in [0.25, 0.3) is 0 Å². The van der Waals surface area contributed by atoms with Gasteiger partial charge in [0.15, 0.2) is 6.61 Å². The lowest BCUT2D eigenvalue weighted by Crippen LogP contribution is -2.12. The van der Waals surface area contributed by atoms with Crippen LogP contribution in [0, 0.1) is 0 Å². The van der Waals surface area contributed by atoms with Crippen LogP contribution in [0.3, 0.4) is 0 Å². The Morgan fingerprint density at radius 2 is 1.89 bits per heavy atom. The smallest absolute Gasteiger partial charge is 0.201 e. The normalized spacial score (nSPS) is 10.3. The van der Waals surface area contributed by atoms with E-state index in [1.165, 1.54) is 18.5 Å². The van der Waals surface area contributed by atoms with Crippen LogP contribution in [0.15, 0.2) is 36.7 Å². The van der Waals surface area contributed by atoms with Crippen molar-refractivity contribution in [2.24, 2.45) is 0 Å². The molecule has 0 atom stereocenters. The van der Waals surface area contributed by atoms with Crippen LogP contribution in [-0.4, -0.2) is 17.4 Å². The summed E-state index contributed by atoms with van der Waals surface area (Å²) >= 11 is 17.5. The maximum absolute atomic E-state index is 11.9. The number of hydrogen-bond acceptors (Lipinski definition) is 3. The first-order chi connectivity index (χ1) is 9.06. The molecule has 98 valence electrons. The Hall–Kier alpha value is -1.29. The number of rotatable bonds is 4. The largest absolute Gasteiger partial charge is 0.484 e. The molecule has 0 bridgehead atoms. The fourth-order valence-electron chi connectivity index (χ4n) is 1.41. The maximum atomic E-state index is 11.9. The van der Waals surface area contributed by atoms with Crippen molar-refractivity contribution in [1.82, 2.24) is 4.98 Å². The van der Waals surface area contributed by atoms with Crippen LogP contribution in [0.25, 0.3) is 0 Å². The third kappa shape index (κ3) is 3.83. The first-order valence-corrected chi connectivity index (χ1v) is 6.41. The topological polar surface area (TPSA) is 39.2 Å². The highest BCUT2D eigenvalue weighted by molar-refractivity contribution is 6.36. The van der Waals surface area contributed by atoms with E-state index in [0.717, 1.165) is 0 Å². The van der Waals surface area contributed by atoms with Gasteiger partial charge < -0.3 is 4.74 Å². The van der Waals surface area contributed by atoms with Crippen LogP contribution in [0.1, 0.15) is 10.4 Å². The predicted molar refractivity (Wildman–Crippen MR) is 75.5 cm³/mol. The highest BCUT2D eigenvalue weighted by Crippen LogP contribution is 2.22. The van der Waals surface area contributed by atoms with E-state index in [1.54, 1.807) is 18.2 Å². The lowest BCUT2D eigenvalue weighted by molar-refractivity contribution is 0.0921. The molecule has 0 amide bonds. The van der Waals surface area contributed by atoms with E-state index in [4.69, 9.17) is 39.5 Å². The first kappa shape index (κ1) is 14.1. The second-order valence-electron chi connectivity index (χ2n) is 3.67. The number of pyridine rings is 1. The van der Waals surface area contributed by atoms with Crippen molar-refractivity contribution in [3.8, 4) is 5.75 Å².